The van der Waals surface area contributed by atoms with Gasteiger partial charge >= 0.3 is 0 Å². The number of fused-ring (bicyclic) bond motifs is 1. The van der Waals surface area contributed by atoms with Crippen LogP contribution in [0.1, 0.15) is 37.9 Å². The first-order valence-corrected chi connectivity index (χ1v) is 7.14. The van der Waals surface area contributed by atoms with E-state index in [1.165, 1.54) is 31.5 Å². The van der Waals surface area contributed by atoms with Gasteiger partial charge in [-0.05, 0) is 37.7 Å². The Bertz CT molecular complexity index is 414. The molecule has 0 bridgehead atoms. The molecule has 2 heterocycles. The van der Waals surface area contributed by atoms with Crippen molar-refractivity contribution >= 4 is 0 Å². The number of hydrogen-bond donors (Lipinski definition) is 1. The van der Waals surface area contributed by atoms with E-state index in [1.807, 2.05) is 17.9 Å². The minimum absolute atomic E-state index is 0.424. The van der Waals surface area contributed by atoms with E-state index in [4.69, 9.17) is 5.73 Å². The molecular weight excluding hydrogens is 224 g/mol. The average Bonchev–Trinajstić information content (AvgIpc) is 2.95. The smallest absolute Gasteiger partial charge is 0.0549 e. The monoisotopic (exact) mass is 248 g/mol. The van der Waals surface area contributed by atoms with E-state index in [2.05, 4.69) is 23.0 Å². The first-order valence-electron chi connectivity index (χ1n) is 7.14. The lowest BCUT2D eigenvalue weighted by Gasteiger charge is -2.30. The topological polar surface area (TPSA) is 47.1 Å². The molecule has 0 radical (unpaired) electrons. The highest BCUT2D eigenvalue weighted by Crippen LogP contribution is 2.38. The third kappa shape index (κ3) is 1.97. The summed E-state index contributed by atoms with van der Waals surface area (Å²) in [4.78, 5) is 2.59. The van der Waals surface area contributed by atoms with E-state index in [9.17, 15) is 0 Å². The molecule has 2 aliphatic rings. The van der Waals surface area contributed by atoms with Gasteiger partial charge in [0, 0.05) is 38.4 Å². The van der Waals surface area contributed by atoms with Crippen LogP contribution in [0.15, 0.2) is 12.3 Å². The normalized spacial score (nSPS) is 34.5. The summed E-state index contributed by atoms with van der Waals surface area (Å²) in [7, 11) is 2.03. The highest BCUT2D eigenvalue weighted by molar-refractivity contribution is 5.08. The van der Waals surface area contributed by atoms with Gasteiger partial charge in [0.05, 0.1) is 5.69 Å². The van der Waals surface area contributed by atoms with Crippen molar-refractivity contribution in [2.24, 2.45) is 24.6 Å². The number of hydrogen-bond acceptors (Lipinski definition) is 3. The number of nitrogens with zero attached hydrogens (tertiary/aromatic N) is 3. The summed E-state index contributed by atoms with van der Waals surface area (Å²) in [5, 5.41) is 4.28. The zero-order valence-electron chi connectivity index (χ0n) is 11.4. The lowest BCUT2D eigenvalue weighted by molar-refractivity contribution is 0.237. The maximum atomic E-state index is 6.29. The Labute approximate surface area is 109 Å². The maximum absolute atomic E-state index is 6.29. The third-order valence-corrected chi connectivity index (χ3v) is 5.02. The predicted octanol–water partition coefficient (Wildman–Crippen LogP) is 1.54. The van der Waals surface area contributed by atoms with Gasteiger partial charge in [0.1, 0.15) is 0 Å². The molecule has 0 aromatic carbocycles. The van der Waals surface area contributed by atoms with E-state index < -0.39 is 0 Å². The second-order valence-electron chi connectivity index (χ2n) is 6.03. The molecule has 2 N–H and O–H groups in total. The van der Waals surface area contributed by atoms with Crippen molar-refractivity contribution in [3.63, 3.8) is 0 Å². The Kier molecular flexibility index (Phi) is 3.16. The minimum atomic E-state index is 0.424. The molecule has 1 aliphatic carbocycles. The Morgan fingerprint density at radius 2 is 2.22 bits per heavy atom. The van der Waals surface area contributed by atoms with Crippen LogP contribution in [0, 0.1) is 11.8 Å². The molecule has 2 fully saturated rings. The van der Waals surface area contributed by atoms with Crippen LogP contribution in [-0.4, -0.2) is 33.8 Å². The summed E-state index contributed by atoms with van der Waals surface area (Å²) in [6.07, 6.45) is 5.79. The second kappa shape index (κ2) is 4.67. The quantitative estimate of drug-likeness (QED) is 0.863. The summed E-state index contributed by atoms with van der Waals surface area (Å²) < 4.78 is 1.99. The van der Waals surface area contributed by atoms with Gasteiger partial charge in [-0.2, -0.15) is 5.10 Å². The lowest BCUT2D eigenvalue weighted by atomic mass is 9.78. The van der Waals surface area contributed by atoms with Crippen molar-refractivity contribution in [2.45, 2.75) is 38.3 Å². The molecule has 100 valence electrons. The third-order valence-electron chi connectivity index (χ3n) is 5.02. The first-order chi connectivity index (χ1) is 8.66. The largest absolute Gasteiger partial charge is 0.327 e. The summed E-state index contributed by atoms with van der Waals surface area (Å²) in [5.74, 6) is 1.54. The number of likely N-dealkylation sites (tertiary alicyclic amines) is 1. The first kappa shape index (κ1) is 12.2. The Morgan fingerprint density at radius 1 is 1.39 bits per heavy atom. The molecule has 4 unspecified atom stereocenters. The highest BCUT2D eigenvalue weighted by atomic mass is 15.3. The van der Waals surface area contributed by atoms with Crippen LogP contribution in [0.25, 0.3) is 0 Å². The minimum Gasteiger partial charge on any atom is -0.327 e. The molecule has 1 aromatic heterocycles. The van der Waals surface area contributed by atoms with Gasteiger partial charge < -0.3 is 5.73 Å². The zero-order valence-corrected chi connectivity index (χ0v) is 11.4. The second-order valence-corrected chi connectivity index (χ2v) is 6.03. The van der Waals surface area contributed by atoms with Crippen LogP contribution in [0.4, 0.5) is 0 Å². The van der Waals surface area contributed by atoms with Gasteiger partial charge in [-0.15, -0.1) is 0 Å². The molecule has 1 aliphatic heterocycles. The fourth-order valence-corrected chi connectivity index (χ4v) is 3.85. The fourth-order valence-electron chi connectivity index (χ4n) is 3.85. The van der Waals surface area contributed by atoms with Crippen LogP contribution < -0.4 is 5.73 Å². The number of aryl methyl sites for hydroxylation is 1. The van der Waals surface area contributed by atoms with Crippen LogP contribution >= 0.6 is 0 Å². The van der Waals surface area contributed by atoms with Gasteiger partial charge in [-0.3, -0.25) is 9.58 Å². The molecule has 18 heavy (non-hydrogen) atoms. The number of rotatable bonds is 2. The summed E-state index contributed by atoms with van der Waals surface area (Å²) in [6, 6.07) is 3.01. The molecule has 4 nitrogen and oxygen atoms in total. The molecule has 3 rings (SSSR count). The SMILES string of the molecule is CC(c1ccnn1C)N1CC2CCCC(N)C2C1. The summed E-state index contributed by atoms with van der Waals surface area (Å²) in [5.41, 5.74) is 7.59. The molecule has 1 saturated carbocycles. The number of aromatic nitrogens is 2. The van der Waals surface area contributed by atoms with E-state index >= 15 is 0 Å². The van der Waals surface area contributed by atoms with Crippen LogP contribution in [0.5, 0.6) is 0 Å². The van der Waals surface area contributed by atoms with Gasteiger partial charge in [0.2, 0.25) is 0 Å². The van der Waals surface area contributed by atoms with Crippen LogP contribution in [-0.2, 0) is 7.05 Å². The van der Waals surface area contributed by atoms with Gasteiger partial charge in [0.25, 0.3) is 0 Å². The van der Waals surface area contributed by atoms with Gasteiger partial charge in [0.15, 0.2) is 0 Å². The molecule has 0 spiro atoms. The van der Waals surface area contributed by atoms with Crippen LogP contribution in [0.2, 0.25) is 0 Å². The molecular formula is C14H24N4. The average molecular weight is 248 g/mol. The van der Waals surface area contributed by atoms with E-state index in [0.29, 0.717) is 12.1 Å². The van der Waals surface area contributed by atoms with Crippen molar-refractivity contribution in [2.75, 3.05) is 13.1 Å². The van der Waals surface area contributed by atoms with E-state index in [-0.39, 0.29) is 0 Å². The van der Waals surface area contributed by atoms with Crippen molar-refractivity contribution in [3.05, 3.63) is 18.0 Å². The van der Waals surface area contributed by atoms with Crippen molar-refractivity contribution in [3.8, 4) is 0 Å². The van der Waals surface area contributed by atoms with E-state index in [1.54, 1.807) is 0 Å². The molecule has 1 aromatic rings. The predicted molar refractivity (Wildman–Crippen MR) is 72.0 cm³/mol. The Morgan fingerprint density at radius 3 is 2.89 bits per heavy atom. The van der Waals surface area contributed by atoms with Crippen molar-refractivity contribution in [1.29, 1.82) is 0 Å². The van der Waals surface area contributed by atoms with Crippen molar-refractivity contribution in [1.82, 2.24) is 14.7 Å². The van der Waals surface area contributed by atoms with Crippen LogP contribution in [0.3, 0.4) is 0 Å². The molecule has 0 amide bonds. The molecule has 1 saturated heterocycles. The lowest BCUT2D eigenvalue weighted by Crippen LogP contribution is -2.38. The Balaban J connectivity index is 1.73. The highest BCUT2D eigenvalue weighted by Gasteiger charge is 2.40. The van der Waals surface area contributed by atoms with Crippen molar-refractivity contribution < 1.29 is 0 Å². The molecule has 4 heteroatoms. The van der Waals surface area contributed by atoms with E-state index in [0.717, 1.165) is 18.4 Å². The standard InChI is InChI=1S/C14H24N4/c1-10(14-6-7-16-17(14)2)18-8-11-4-3-5-13(15)12(11)9-18/h6-7,10-13H,3-5,8-9,15H2,1-2H3. The Hall–Kier alpha value is -0.870. The maximum Gasteiger partial charge on any atom is 0.0549 e. The van der Waals surface area contributed by atoms with Gasteiger partial charge in [-0.25, -0.2) is 0 Å². The molecule has 4 atom stereocenters. The fraction of sp³-hybridized carbons (Fsp3) is 0.786. The van der Waals surface area contributed by atoms with Gasteiger partial charge in [-0.1, -0.05) is 6.42 Å². The summed E-state index contributed by atoms with van der Waals surface area (Å²) in [6.45, 7) is 4.67. The summed E-state index contributed by atoms with van der Waals surface area (Å²) >= 11 is 0. The zero-order chi connectivity index (χ0) is 12.7. The number of nitrogens with two attached hydrogens (primary N) is 1.